The van der Waals surface area contributed by atoms with E-state index in [0.29, 0.717) is 16.4 Å². The van der Waals surface area contributed by atoms with Crippen molar-refractivity contribution < 1.29 is 13.2 Å². The van der Waals surface area contributed by atoms with Gasteiger partial charge in [0, 0.05) is 16.4 Å². The van der Waals surface area contributed by atoms with Crippen molar-refractivity contribution in [3.05, 3.63) is 59.6 Å². The highest BCUT2D eigenvalue weighted by atomic mass is 35.5. The highest BCUT2D eigenvalue weighted by Gasteiger charge is 2.54. The Morgan fingerprint density at radius 2 is 1.46 bits per heavy atom. The van der Waals surface area contributed by atoms with Crippen molar-refractivity contribution in [1.82, 2.24) is 0 Å². The molecule has 2 aliphatic heterocycles. The van der Waals surface area contributed by atoms with Crippen LogP contribution in [0.15, 0.2) is 54.6 Å². The average Bonchev–Trinajstić information content (AvgIpc) is 2.96. The minimum Gasteiger partial charge on any atom is -0.288 e. The first-order valence-electron chi connectivity index (χ1n) is 7.60. The maximum absolute atomic E-state index is 13.1. The van der Waals surface area contributed by atoms with Crippen LogP contribution in [0.1, 0.15) is 0 Å². The lowest BCUT2D eigenvalue weighted by molar-refractivity contribution is 0.255. The maximum atomic E-state index is 13.1. The summed E-state index contributed by atoms with van der Waals surface area (Å²) in [4.78, 5) is 16.2. The number of sulfone groups is 1. The molecule has 2 amide bonds. The Labute approximate surface area is 145 Å². The predicted molar refractivity (Wildman–Crippen MR) is 94.5 cm³/mol. The Morgan fingerprint density at radius 3 is 2.08 bits per heavy atom. The molecule has 0 aromatic heterocycles. The van der Waals surface area contributed by atoms with E-state index >= 15 is 0 Å². The molecule has 24 heavy (non-hydrogen) atoms. The summed E-state index contributed by atoms with van der Waals surface area (Å²) in [6, 6.07) is 15.1. The molecule has 2 aromatic rings. The molecule has 2 fully saturated rings. The van der Waals surface area contributed by atoms with Crippen LogP contribution >= 0.6 is 11.6 Å². The Morgan fingerprint density at radius 1 is 0.875 bits per heavy atom. The number of para-hydroxylation sites is 1. The molecule has 0 unspecified atom stereocenters. The summed E-state index contributed by atoms with van der Waals surface area (Å²) in [7, 11) is -3.19. The Kier molecular flexibility index (Phi) is 3.54. The van der Waals surface area contributed by atoms with Crippen LogP contribution in [0.4, 0.5) is 16.2 Å². The highest BCUT2D eigenvalue weighted by molar-refractivity contribution is 7.91. The van der Waals surface area contributed by atoms with Crippen LogP contribution in [-0.2, 0) is 9.84 Å². The van der Waals surface area contributed by atoms with Crippen molar-refractivity contribution in [2.24, 2.45) is 0 Å². The molecule has 0 saturated carbocycles. The van der Waals surface area contributed by atoms with Crippen molar-refractivity contribution >= 4 is 38.8 Å². The fourth-order valence-electron chi connectivity index (χ4n) is 3.52. The molecule has 0 aliphatic carbocycles. The number of hydrogen-bond donors (Lipinski definition) is 0. The summed E-state index contributed by atoms with van der Waals surface area (Å²) in [5.41, 5.74) is 1.33. The lowest BCUT2D eigenvalue weighted by Crippen LogP contribution is -2.37. The summed E-state index contributed by atoms with van der Waals surface area (Å²) in [5.74, 6) is -0.0470. The minimum atomic E-state index is -3.19. The maximum Gasteiger partial charge on any atom is 0.329 e. The van der Waals surface area contributed by atoms with Crippen LogP contribution in [0.2, 0.25) is 5.02 Å². The first-order chi connectivity index (χ1) is 11.5. The van der Waals surface area contributed by atoms with Crippen LogP contribution in [0.5, 0.6) is 0 Å². The first kappa shape index (κ1) is 15.5. The second-order valence-corrected chi connectivity index (χ2v) is 8.64. The SMILES string of the molecule is O=C1N(c2cccc(Cl)c2)[C@@H]2CS(=O)(=O)C[C@@H]2N1c1ccccc1. The van der Waals surface area contributed by atoms with E-state index in [9.17, 15) is 13.2 Å². The zero-order chi connectivity index (χ0) is 16.9. The standard InChI is InChI=1S/C17H15ClN2O3S/c18-12-5-4-8-14(9-12)20-16-11-24(22,23)10-15(16)19(17(20)21)13-6-2-1-3-7-13/h1-9,15-16H,10-11H2/t15-,16+/m0/s1. The fourth-order valence-corrected chi connectivity index (χ4v) is 5.63. The van der Waals surface area contributed by atoms with Gasteiger partial charge in [-0.2, -0.15) is 0 Å². The molecule has 2 aliphatic rings. The summed E-state index contributed by atoms with van der Waals surface area (Å²) in [6.07, 6.45) is 0. The molecule has 0 bridgehead atoms. The smallest absolute Gasteiger partial charge is 0.288 e. The first-order valence-corrected chi connectivity index (χ1v) is 9.80. The van der Waals surface area contributed by atoms with Gasteiger partial charge in [-0.3, -0.25) is 9.80 Å². The topological polar surface area (TPSA) is 57.7 Å². The van der Waals surface area contributed by atoms with E-state index in [-0.39, 0.29) is 23.6 Å². The summed E-state index contributed by atoms with van der Waals surface area (Å²) >= 11 is 6.05. The van der Waals surface area contributed by atoms with Gasteiger partial charge in [0.2, 0.25) is 0 Å². The Balaban J connectivity index is 1.82. The quantitative estimate of drug-likeness (QED) is 0.772. The third-order valence-electron chi connectivity index (χ3n) is 4.49. The number of nitrogens with zero attached hydrogens (tertiary/aromatic N) is 2. The number of fused-ring (bicyclic) bond motifs is 1. The van der Waals surface area contributed by atoms with E-state index in [2.05, 4.69) is 0 Å². The number of rotatable bonds is 2. The van der Waals surface area contributed by atoms with E-state index in [1.54, 1.807) is 34.1 Å². The average molecular weight is 363 g/mol. The van der Waals surface area contributed by atoms with Crippen molar-refractivity contribution in [2.75, 3.05) is 21.3 Å². The predicted octanol–water partition coefficient (Wildman–Crippen LogP) is 2.95. The third kappa shape index (κ3) is 2.46. The van der Waals surface area contributed by atoms with Crippen LogP contribution in [0.25, 0.3) is 0 Å². The molecule has 2 saturated heterocycles. The number of amides is 2. The van der Waals surface area contributed by atoms with Crippen molar-refractivity contribution in [1.29, 1.82) is 0 Å². The third-order valence-corrected chi connectivity index (χ3v) is 6.42. The van der Waals surface area contributed by atoms with Crippen LogP contribution < -0.4 is 9.80 Å². The van der Waals surface area contributed by atoms with E-state index in [0.717, 1.165) is 0 Å². The van der Waals surface area contributed by atoms with Gasteiger partial charge in [0.15, 0.2) is 9.84 Å². The molecule has 124 valence electrons. The second kappa shape index (κ2) is 5.50. The molecular formula is C17H15ClN2O3S. The Hall–Kier alpha value is -2.05. The van der Waals surface area contributed by atoms with Crippen molar-refractivity contribution in [3.63, 3.8) is 0 Å². The van der Waals surface area contributed by atoms with Gasteiger partial charge in [-0.25, -0.2) is 13.2 Å². The number of urea groups is 1. The molecule has 4 rings (SSSR count). The molecule has 2 aromatic carbocycles. The van der Waals surface area contributed by atoms with Crippen molar-refractivity contribution in [3.8, 4) is 0 Å². The molecule has 7 heteroatoms. The van der Waals surface area contributed by atoms with Gasteiger partial charge in [-0.05, 0) is 30.3 Å². The molecule has 5 nitrogen and oxygen atoms in total. The van der Waals surface area contributed by atoms with Crippen LogP contribution in [-0.4, -0.2) is 38.0 Å². The Bertz CT molecular complexity index is 901. The number of anilines is 2. The monoisotopic (exact) mass is 362 g/mol. The minimum absolute atomic E-state index is 0.0185. The number of carbonyl (C=O) groups excluding carboxylic acids is 1. The highest BCUT2D eigenvalue weighted by Crippen LogP contribution is 2.38. The molecular weight excluding hydrogens is 348 g/mol. The van der Waals surface area contributed by atoms with E-state index in [4.69, 9.17) is 11.6 Å². The lowest BCUT2D eigenvalue weighted by atomic mass is 10.1. The van der Waals surface area contributed by atoms with E-state index in [1.165, 1.54) is 0 Å². The number of halogens is 1. The van der Waals surface area contributed by atoms with Gasteiger partial charge in [-0.15, -0.1) is 0 Å². The molecule has 2 atom stereocenters. The summed E-state index contributed by atoms with van der Waals surface area (Å²) < 4.78 is 24.4. The van der Waals surface area contributed by atoms with Gasteiger partial charge in [0.05, 0.1) is 23.6 Å². The normalized spacial score (nSPS) is 25.1. The van der Waals surface area contributed by atoms with Crippen molar-refractivity contribution in [2.45, 2.75) is 12.1 Å². The molecule has 0 N–H and O–H groups in total. The fraction of sp³-hybridized carbons (Fsp3) is 0.235. The van der Waals surface area contributed by atoms with Gasteiger partial charge < -0.3 is 0 Å². The van der Waals surface area contributed by atoms with Gasteiger partial charge in [0.1, 0.15) is 0 Å². The summed E-state index contributed by atoms with van der Waals surface area (Å²) in [6.45, 7) is 0. The van der Waals surface area contributed by atoms with Gasteiger partial charge in [-0.1, -0.05) is 35.9 Å². The lowest BCUT2D eigenvalue weighted by Gasteiger charge is -2.22. The molecule has 0 spiro atoms. The number of carbonyl (C=O) groups is 1. The number of benzene rings is 2. The van der Waals surface area contributed by atoms with Gasteiger partial charge in [0.25, 0.3) is 0 Å². The largest absolute Gasteiger partial charge is 0.329 e. The molecule has 0 radical (unpaired) electrons. The zero-order valence-corrected chi connectivity index (χ0v) is 14.2. The zero-order valence-electron chi connectivity index (χ0n) is 12.7. The second-order valence-electron chi connectivity index (χ2n) is 6.05. The summed E-state index contributed by atoms with van der Waals surface area (Å²) in [5, 5.41) is 0.510. The molecule has 2 heterocycles. The van der Waals surface area contributed by atoms with E-state index < -0.39 is 15.9 Å². The van der Waals surface area contributed by atoms with Gasteiger partial charge >= 0.3 is 6.03 Å². The van der Waals surface area contributed by atoms with Crippen LogP contribution in [0, 0.1) is 0 Å². The number of hydrogen-bond acceptors (Lipinski definition) is 3. The van der Waals surface area contributed by atoms with Crippen LogP contribution in [0.3, 0.4) is 0 Å². The van der Waals surface area contributed by atoms with E-state index in [1.807, 2.05) is 30.3 Å².